The van der Waals surface area contributed by atoms with Gasteiger partial charge < -0.3 is 20.1 Å². The summed E-state index contributed by atoms with van der Waals surface area (Å²) in [5.74, 6) is -1.86. The predicted octanol–water partition coefficient (Wildman–Crippen LogP) is -1.14. The molecule has 10 heteroatoms. The number of benzene rings is 1. The number of carbonyl (C=O) groups is 2. The lowest BCUT2D eigenvalue weighted by atomic mass is 10.0. The van der Waals surface area contributed by atoms with Crippen LogP contribution in [0.3, 0.4) is 0 Å². The molecule has 0 bridgehead atoms. The van der Waals surface area contributed by atoms with Crippen LogP contribution in [-0.2, 0) is 10.2 Å². The highest BCUT2D eigenvalue weighted by atomic mass is 32.2. The molecule has 0 aliphatic heterocycles. The summed E-state index contributed by atoms with van der Waals surface area (Å²) in [5, 5.41) is 19.3. The molecule has 1 aromatic carbocycles. The zero-order valence-corrected chi connectivity index (χ0v) is 15.1. The van der Waals surface area contributed by atoms with Gasteiger partial charge in [0.15, 0.2) is 0 Å². The van der Waals surface area contributed by atoms with Gasteiger partial charge in [0, 0.05) is 37.5 Å². The Labute approximate surface area is 151 Å². The molecule has 140 valence electrons. The van der Waals surface area contributed by atoms with Gasteiger partial charge in [0.05, 0.1) is 11.7 Å². The third-order valence-corrected chi connectivity index (χ3v) is 4.66. The molecule has 26 heavy (non-hydrogen) atoms. The Hall–Kier alpha value is -2.69. The van der Waals surface area contributed by atoms with Crippen LogP contribution in [0.2, 0.25) is 0 Å². The maximum absolute atomic E-state index is 12.3. The van der Waals surface area contributed by atoms with Gasteiger partial charge in [-0.25, -0.2) is 9.11 Å². The van der Waals surface area contributed by atoms with Crippen LogP contribution >= 0.6 is 0 Å². The van der Waals surface area contributed by atoms with Crippen molar-refractivity contribution in [3.05, 3.63) is 47.8 Å². The van der Waals surface area contributed by atoms with E-state index in [1.165, 1.54) is 18.2 Å². The summed E-state index contributed by atoms with van der Waals surface area (Å²) < 4.78 is 23.5. The molecule has 9 nitrogen and oxygen atoms in total. The van der Waals surface area contributed by atoms with Gasteiger partial charge in [0.25, 0.3) is 5.91 Å². The number of amides is 1. The van der Waals surface area contributed by atoms with Crippen LogP contribution in [0.15, 0.2) is 36.5 Å². The number of rotatable bonds is 7. The topological polar surface area (TPSA) is 138 Å². The second-order valence-corrected chi connectivity index (χ2v) is 7.04. The number of likely N-dealkylation sites (N-methyl/N-ethyl adjacent to an activating group) is 2. The number of nitrogens with one attached hydrogen (secondary N) is 1. The molecule has 2 rings (SSSR count). The first kappa shape index (κ1) is 19.6. The lowest BCUT2D eigenvalue weighted by Gasteiger charge is -2.17. The molecule has 0 saturated heterocycles. The van der Waals surface area contributed by atoms with Crippen LogP contribution in [0.25, 0.3) is 11.1 Å². The zero-order valence-electron chi connectivity index (χ0n) is 14.3. The van der Waals surface area contributed by atoms with Gasteiger partial charge in [-0.2, -0.15) is 8.42 Å². The molecule has 2 aromatic rings. The van der Waals surface area contributed by atoms with E-state index in [1.54, 1.807) is 31.1 Å². The van der Waals surface area contributed by atoms with Crippen molar-refractivity contribution in [2.75, 3.05) is 27.2 Å². The summed E-state index contributed by atoms with van der Waals surface area (Å²) in [4.78, 5) is 25.2. The number of hydrogen-bond donors (Lipinski definition) is 2. The van der Waals surface area contributed by atoms with Crippen molar-refractivity contribution in [2.45, 2.75) is 0 Å². The fourth-order valence-corrected chi connectivity index (χ4v) is 3.11. The van der Waals surface area contributed by atoms with Crippen molar-refractivity contribution >= 4 is 22.1 Å². The molecule has 0 unspecified atom stereocenters. The van der Waals surface area contributed by atoms with Crippen LogP contribution in [0.4, 0.5) is 0 Å². The number of carboxylic acids is 1. The molecule has 1 aromatic heterocycles. The largest absolute Gasteiger partial charge is 0.543 e. The minimum atomic E-state index is -4.28. The van der Waals surface area contributed by atoms with E-state index < -0.39 is 21.9 Å². The molecule has 0 aliphatic rings. The first-order valence-corrected chi connectivity index (χ1v) is 9.13. The van der Waals surface area contributed by atoms with Crippen LogP contribution in [0.1, 0.15) is 20.8 Å². The summed E-state index contributed by atoms with van der Waals surface area (Å²) in [5.41, 5.74) is 0.397. The second kappa shape index (κ2) is 7.68. The number of hydrogen-bond acceptors (Lipinski definition) is 6. The Morgan fingerprint density at radius 1 is 1.23 bits per heavy atom. The number of nitrogens with zero attached hydrogens (tertiary/aromatic N) is 2. The molecule has 0 aliphatic carbocycles. The van der Waals surface area contributed by atoms with Gasteiger partial charge in [-0.05, 0) is 30.8 Å². The van der Waals surface area contributed by atoms with Crippen molar-refractivity contribution in [1.82, 2.24) is 14.2 Å². The SMILES string of the molecule is CNCCN(C)C(=O)c1ccc(-c2ccn(S(N)(=O)=O)c2C(=O)[O-])cc1. The molecular formula is C16H19N4O5S-. The summed E-state index contributed by atoms with van der Waals surface area (Å²) >= 11 is 0. The first-order valence-electron chi connectivity index (χ1n) is 7.63. The van der Waals surface area contributed by atoms with Gasteiger partial charge in [0.2, 0.25) is 0 Å². The van der Waals surface area contributed by atoms with Gasteiger partial charge in [0.1, 0.15) is 0 Å². The monoisotopic (exact) mass is 379 g/mol. The summed E-state index contributed by atoms with van der Waals surface area (Å²) in [6, 6.07) is 7.47. The van der Waals surface area contributed by atoms with Crippen molar-refractivity contribution < 1.29 is 23.1 Å². The van der Waals surface area contributed by atoms with E-state index in [0.29, 0.717) is 28.2 Å². The van der Waals surface area contributed by atoms with Gasteiger partial charge in [-0.1, -0.05) is 12.1 Å². The number of aromatic nitrogens is 1. The minimum absolute atomic E-state index is 0.126. The van der Waals surface area contributed by atoms with Crippen molar-refractivity contribution in [3.63, 3.8) is 0 Å². The molecule has 0 fully saturated rings. The highest BCUT2D eigenvalue weighted by molar-refractivity contribution is 7.87. The highest BCUT2D eigenvalue weighted by Crippen LogP contribution is 2.26. The summed E-state index contributed by atoms with van der Waals surface area (Å²) in [6.07, 6.45) is 1.04. The maximum Gasteiger partial charge on any atom is 0.302 e. The first-order chi connectivity index (χ1) is 12.2. The number of carbonyl (C=O) groups excluding carboxylic acids is 2. The third kappa shape index (κ3) is 4.10. The molecular weight excluding hydrogens is 360 g/mol. The molecule has 1 heterocycles. The predicted molar refractivity (Wildman–Crippen MR) is 93.6 cm³/mol. The normalized spacial score (nSPS) is 11.3. The van der Waals surface area contributed by atoms with Crippen LogP contribution < -0.4 is 15.6 Å². The van der Waals surface area contributed by atoms with Gasteiger partial charge >= 0.3 is 10.2 Å². The Morgan fingerprint density at radius 2 is 1.85 bits per heavy atom. The van der Waals surface area contributed by atoms with E-state index in [0.717, 1.165) is 6.20 Å². The fourth-order valence-electron chi connectivity index (χ4n) is 2.45. The second-order valence-electron chi connectivity index (χ2n) is 5.61. The van der Waals surface area contributed by atoms with Gasteiger partial charge in [-0.3, -0.25) is 4.79 Å². The Kier molecular flexibility index (Phi) is 5.80. The van der Waals surface area contributed by atoms with Crippen molar-refractivity contribution in [2.24, 2.45) is 5.14 Å². The number of nitrogens with two attached hydrogens (primary N) is 1. The average Bonchev–Trinajstić information content (AvgIpc) is 3.05. The molecule has 0 atom stereocenters. The van der Waals surface area contributed by atoms with E-state index in [9.17, 15) is 23.1 Å². The van der Waals surface area contributed by atoms with E-state index in [2.05, 4.69) is 5.32 Å². The van der Waals surface area contributed by atoms with Crippen LogP contribution in [0, 0.1) is 0 Å². The molecule has 1 amide bonds. The molecule has 0 saturated carbocycles. The van der Waals surface area contributed by atoms with Crippen LogP contribution in [0.5, 0.6) is 0 Å². The van der Waals surface area contributed by atoms with Crippen LogP contribution in [-0.4, -0.2) is 56.4 Å². The van der Waals surface area contributed by atoms with Crippen molar-refractivity contribution in [3.8, 4) is 11.1 Å². The average molecular weight is 379 g/mol. The fraction of sp³-hybridized carbons (Fsp3) is 0.250. The standard InChI is InChI=1S/C16H20N4O5S/c1-18-8-10-19(2)15(21)12-5-3-11(4-6-12)13-7-9-20(26(17,24)25)14(13)16(22)23/h3-7,9,18H,8,10H2,1-2H3,(H,22,23)(H2,17,24,25)/p-1. The van der Waals surface area contributed by atoms with E-state index in [-0.39, 0.29) is 11.5 Å². The third-order valence-electron chi connectivity index (χ3n) is 3.81. The maximum atomic E-state index is 12.3. The highest BCUT2D eigenvalue weighted by Gasteiger charge is 2.19. The minimum Gasteiger partial charge on any atom is -0.543 e. The summed E-state index contributed by atoms with van der Waals surface area (Å²) in [6.45, 7) is 1.18. The van der Waals surface area contributed by atoms with Gasteiger partial charge in [-0.15, -0.1) is 0 Å². The zero-order chi connectivity index (χ0) is 19.5. The summed E-state index contributed by atoms with van der Waals surface area (Å²) in [7, 11) is -0.816. The van der Waals surface area contributed by atoms with Crippen molar-refractivity contribution in [1.29, 1.82) is 0 Å². The molecule has 0 radical (unpaired) electrons. The molecule has 0 spiro atoms. The Bertz CT molecular complexity index is 919. The quantitative estimate of drug-likeness (QED) is 0.624. The van der Waals surface area contributed by atoms with E-state index in [4.69, 9.17) is 5.14 Å². The number of carboxylic acid groups (broad SMARTS) is 1. The molecule has 3 N–H and O–H groups in total. The lowest BCUT2D eigenvalue weighted by Crippen LogP contribution is -2.32. The smallest absolute Gasteiger partial charge is 0.302 e. The Morgan fingerprint density at radius 3 is 2.35 bits per heavy atom. The number of aromatic carboxylic acids is 1. The van der Waals surface area contributed by atoms with E-state index >= 15 is 0 Å². The van der Waals surface area contributed by atoms with E-state index in [1.807, 2.05) is 0 Å². The lowest BCUT2D eigenvalue weighted by molar-refractivity contribution is -0.255. The Balaban J connectivity index is 2.36.